The van der Waals surface area contributed by atoms with E-state index in [0.29, 0.717) is 11.4 Å². The highest BCUT2D eigenvalue weighted by atomic mass is 32.1. The third-order valence-corrected chi connectivity index (χ3v) is 8.94. The molecule has 0 radical (unpaired) electrons. The number of hydrogen-bond acceptors (Lipinski definition) is 10. The molecule has 5 aromatic rings. The van der Waals surface area contributed by atoms with Crippen LogP contribution < -0.4 is 11.0 Å². The number of rotatable bonds is 11. The van der Waals surface area contributed by atoms with Crippen molar-refractivity contribution in [2.45, 2.75) is 38.4 Å². The standard InChI is InChI=1S/C28H29N5O4S2/c1-2-33-25-9-7-17(21(29-34)15-23(31-36)27-5-3-11-38-27)13-19(25)20-14-18(8-10-26(20)33)22(30-35)16-24(32-37)28-6-4-12-39-28/h3-14,23-24,31-32,34-37H,2,15-16H2,1H3/b29-21+,30-22+. The van der Waals surface area contributed by atoms with Crippen LogP contribution in [0.3, 0.4) is 0 Å². The Balaban J connectivity index is 1.54. The average Bonchev–Trinajstić information content (AvgIpc) is 3.75. The molecular formula is C28H29N5O4S2. The average molecular weight is 564 g/mol. The highest BCUT2D eigenvalue weighted by Crippen LogP contribution is 2.33. The molecule has 0 bridgehead atoms. The zero-order valence-corrected chi connectivity index (χ0v) is 22.8. The normalized spacial score (nSPS) is 14.3. The van der Waals surface area contributed by atoms with Crippen molar-refractivity contribution in [2.75, 3.05) is 0 Å². The molecule has 0 aliphatic heterocycles. The fraction of sp³-hybridized carbons (Fsp3) is 0.214. The summed E-state index contributed by atoms with van der Waals surface area (Å²) in [6, 6.07) is 18.7. The van der Waals surface area contributed by atoms with E-state index in [9.17, 15) is 20.8 Å². The van der Waals surface area contributed by atoms with Crippen LogP contribution in [-0.4, -0.2) is 36.8 Å². The zero-order chi connectivity index (χ0) is 27.4. The number of thiophene rings is 2. The summed E-state index contributed by atoms with van der Waals surface area (Å²) in [5.74, 6) is 0. The number of aryl methyl sites for hydroxylation is 1. The molecule has 0 fully saturated rings. The molecule has 3 heterocycles. The van der Waals surface area contributed by atoms with Crippen molar-refractivity contribution < 1.29 is 20.8 Å². The minimum Gasteiger partial charge on any atom is -0.411 e. The molecule has 5 rings (SSSR count). The smallest absolute Gasteiger partial charge is 0.0888 e. The molecule has 0 saturated heterocycles. The lowest BCUT2D eigenvalue weighted by Gasteiger charge is -2.15. The molecule has 2 atom stereocenters. The summed E-state index contributed by atoms with van der Waals surface area (Å²) in [4.78, 5) is 1.86. The SMILES string of the molecule is CCn1c2ccc(/C(CC(NO)c3cccs3)=N/O)cc2c2cc(/C(CC(NO)c3cccs3)=N/O)ccc21. The van der Waals surface area contributed by atoms with E-state index < -0.39 is 12.1 Å². The lowest BCUT2D eigenvalue weighted by atomic mass is 9.98. The highest BCUT2D eigenvalue weighted by molar-refractivity contribution is 7.10. The van der Waals surface area contributed by atoms with Gasteiger partial charge < -0.3 is 25.4 Å². The number of aromatic nitrogens is 1. The van der Waals surface area contributed by atoms with E-state index in [2.05, 4.69) is 32.8 Å². The molecule has 0 spiro atoms. The van der Waals surface area contributed by atoms with Gasteiger partial charge in [-0.3, -0.25) is 0 Å². The summed E-state index contributed by atoms with van der Waals surface area (Å²) in [6.45, 7) is 2.84. The van der Waals surface area contributed by atoms with Crippen LogP contribution in [0.15, 0.2) is 81.7 Å². The Morgan fingerprint density at radius 2 is 1.23 bits per heavy atom. The van der Waals surface area contributed by atoms with E-state index in [-0.39, 0.29) is 12.8 Å². The maximum atomic E-state index is 9.90. The van der Waals surface area contributed by atoms with E-state index in [1.807, 2.05) is 71.4 Å². The Labute approximate surface area is 232 Å². The lowest BCUT2D eigenvalue weighted by Crippen LogP contribution is -2.20. The van der Waals surface area contributed by atoms with Gasteiger partial charge >= 0.3 is 0 Å². The second-order valence-corrected chi connectivity index (χ2v) is 11.1. The first kappa shape index (κ1) is 27.0. The molecule has 0 aliphatic carbocycles. The van der Waals surface area contributed by atoms with Gasteiger partial charge in [0.15, 0.2) is 0 Å². The fourth-order valence-electron chi connectivity index (χ4n) is 5.02. The molecule has 11 heteroatoms. The van der Waals surface area contributed by atoms with Crippen LogP contribution in [0.4, 0.5) is 0 Å². The van der Waals surface area contributed by atoms with Crippen molar-refractivity contribution in [3.63, 3.8) is 0 Å². The maximum absolute atomic E-state index is 9.90. The summed E-state index contributed by atoms with van der Waals surface area (Å²) in [5, 5.41) is 52.2. The molecule has 202 valence electrons. The molecule has 9 nitrogen and oxygen atoms in total. The van der Waals surface area contributed by atoms with E-state index in [1.165, 1.54) is 22.7 Å². The summed E-state index contributed by atoms with van der Waals surface area (Å²) in [7, 11) is 0. The van der Waals surface area contributed by atoms with Crippen LogP contribution in [0.5, 0.6) is 0 Å². The van der Waals surface area contributed by atoms with E-state index in [4.69, 9.17) is 0 Å². The lowest BCUT2D eigenvalue weighted by molar-refractivity contribution is 0.129. The first-order valence-corrected chi connectivity index (χ1v) is 14.2. The molecule has 3 aromatic heterocycles. The van der Waals surface area contributed by atoms with Gasteiger partial charge in [-0.05, 0) is 54.1 Å². The van der Waals surface area contributed by atoms with Crippen molar-refractivity contribution in [3.05, 3.63) is 92.3 Å². The Morgan fingerprint density at radius 3 is 1.56 bits per heavy atom. The van der Waals surface area contributed by atoms with Crippen molar-refractivity contribution in [1.82, 2.24) is 15.5 Å². The number of nitrogens with one attached hydrogen (secondary N) is 2. The molecule has 6 N–H and O–H groups in total. The van der Waals surface area contributed by atoms with Crippen molar-refractivity contribution >= 4 is 55.9 Å². The van der Waals surface area contributed by atoms with Gasteiger partial charge in [-0.15, -0.1) is 22.7 Å². The predicted molar refractivity (Wildman–Crippen MR) is 155 cm³/mol. The monoisotopic (exact) mass is 563 g/mol. The molecule has 0 saturated carbocycles. The molecule has 2 unspecified atom stereocenters. The Kier molecular flexibility index (Phi) is 8.36. The third-order valence-electron chi connectivity index (χ3n) is 6.97. The van der Waals surface area contributed by atoms with Gasteiger partial charge in [0, 0.05) is 62.1 Å². The maximum Gasteiger partial charge on any atom is 0.0888 e. The second kappa shape index (κ2) is 12.1. The van der Waals surface area contributed by atoms with Crippen LogP contribution in [0, 0.1) is 0 Å². The Hall–Kier alpha value is -3.58. The Morgan fingerprint density at radius 1 is 0.769 bits per heavy atom. The number of benzene rings is 2. The van der Waals surface area contributed by atoms with Crippen LogP contribution in [0.25, 0.3) is 21.8 Å². The zero-order valence-electron chi connectivity index (χ0n) is 21.2. The molecule has 0 aliphatic rings. The quantitative estimate of drug-likeness (QED) is 0.0616. The minimum absolute atomic E-state index is 0.288. The second-order valence-electron chi connectivity index (χ2n) is 9.10. The summed E-state index contributed by atoms with van der Waals surface area (Å²) >= 11 is 3.02. The van der Waals surface area contributed by atoms with Gasteiger partial charge in [-0.25, -0.2) is 0 Å². The van der Waals surface area contributed by atoms with Crippen LogP contribution in [0.1, 0.15) is 52.7 Å². The van der Waals surface area contributed by atoms with E-state index in [0.717, 1.165) is 49.2 Å². The van der Waals surface area contributed by atoms with Crippen LogP contribution in [-0.2, 0) is 6.54 Å². The van der Waals surface area contributed by atoms with Crippen molar-refractivity contribution in [2.24, 2.45) is 10.3 Å². The third kappa shape index (κ3) is 5.33. The van der Waals surface area contributed by atoms with Gasteiger partial charge in [-0.2, -0.15) is 11.0 Å². The predicted octanol–water partition coefficient (Wildman–Crippen LogP) is 6.51. The van der Waals surface area contributed by atoms with E-state index in [1.54, 1.807) is 0 Å². The van der Waals surface area contributed by atoms with Crippen LogP contribution in [0.2, 0.25) is 0 Å². The number of nitrogens with zero attached hydrogens (tertiary/aromatic N) is 3. The number of oxime groups is 2. The highest BCUT2D eigenvalue weighted by Gasteiger charge is 2.20. The van der Waals surface area contributed by atoms with Gasteiger partial charge in [-0.1, -0.05) is 34.6 Å². The largest absolute Gasteiger partial charge is 0.411 e. The minimum atomic E-state index is -0.407. The van der Waals surface area contributed by atoms with Gasteiger partial charge in [0.05, 0.1) is 23.5 Å². The van der Waals surface area contributed by atoms with E-state index >= 15 is 0 Å². The van der Waals surface area contributed by atoms with Crippen molar-refractivity contribution in [3.8, 4) is 0 Å². The van der Waals surface area contributed by atoms with Gasteiger partial charge in [0.1, 0.15) is 0 Å². The first-order chi connectivity index (χ1) is 19.1. The summed E-state index contributed by atoms with van der Waals surface area (Å²) in [5.41, 5.74) is 9.07. The molecular weight excluding hydrogens is 534 g/mol. The number of fused-ring (bicyclic) bond motifs is 3. The Bertz CT molecular complexity index is 1490. The number of hydroxylamine groups is 2. The summed E-state index contributed by atoms with van der Waals surface area (Å²) < 4.78 is 2.21. The fourth-order valence-corrected chi connectivity index (χ4v) is 6.57. The van der Waals surface area contributed by atoms with Gasteiger partial charge in [0.25, 0.3) is 0 Å². The molecule has 39 heavy (non-hydrogen) atoms. The first-order valence-electron chi connectivity index (χ1n) is 12.5. The van der Waals surface area contributed by atoms with Crippen LogP contribution >= 0.6 is 22.7 Å². The molecule has 2 aromatic carbocycles. The van der Waals surface area contributed by atoms with Crippen molar-refractivity contribution in [1.29, 1.82) is 0 Å². The molecule has 0 amide bonds. The van der Waals surface area contributed by atoms with Gasteiger partial charge in [0.2, 0.25) is 0 Å². The topological polar surface area (TPSA) is 135 Å². The number of hydrogen-bond donors (Lipinski definition) is 6. The summed E-state index contributed by atoms with van der Waals surface area (Å²) in [6.07, 6.45) is 0.576.